The van der Waals surface area contributed by atoms with E-state index in [1.54, 1.807) is 12.3 Å². The van der Waals surface area contributed by atoms with Gasteiger partial charge >= 0.3 is 0 Å². The van der Waals surface area contributed by atoms with E-state index < -0.39 is 0 Å². The van der Waals surface area contributed by atoms with Crippen molar-refractivity contribution in [3.8, 4) is 11.4 Å². The van der Waals surface area contributed by atoms with Crippen molar-refractivity contribution in [2.75, 3.05) is 0 Å². The molecule has 1 aliphatic carbocycles. The lowest BCUT2D eigenvalue weighted by molar-refractivity contribution is 0.534. The van der Waals surface area contributed by atoms with Crippen LogP contribution >= 0.6 is 23.4 Å². The van der Waals surface area contributed by atoms with Gasteiger partial charge in [-0.25, -0.2) is 9.97 Å². The Morgan fingerprint density at radius 1 is 1.40 bits per heavy atom. The van der Waals surface area contributed by atoms with E-state index in [1.165, 1.54) is 11.8 Å². The molecule has 0 atom stereocenters. The highest BCUT2D eigenvalue weighted by Crippen LogP contribution is 2.39. The molecule has 0 saturated heterocycles. The van der Waals surface area contributed by atoms with E-state index in [2.05, 4.69) is 26.7 Å². The second-order valence-electron chi connectivity index (χ2n) is 5.86. The van der Waals surface area contributed by atoms with Crippen LogP contribution in [0.1, 0.15) is 30.3 Å². The maximum Gasteiger partial charge on any atom is 0.198 e. The number of hydrogen-bond acceptors (Lipinski definition) is 6. The summed E-state index contributed by atoms with van der Waals surface area (Å²) >= 11 is 7.59. The second kappa shape index (κ2) is 6.65. The SMILES string of the molecule is C=CCn1c(Sc2cc(Cl)nc(C3CC3)n2)nnc1-c1ccoc1C. The highest BCUT2D eigenvalue weighted by atomic mass is 35.5. The van der Waals surface area contributed by atoms with Gasteiger partial charge in [-0.3, -0.25) is 4.57 Å². The third kappa shape index (κ3) is 3.34. The standard InChI is InChI=1S/C17H16ClN5OS/c1-3-7-23-16(12-6-8-24-10(12)2)21-22-17(23)25-14-9-13(18)19-15(20-14)11-4-5-11/h3,6,8-9,11H,1,4-5,7H2,2H3. The second-order valence-corrected chi connectivity index (χ2v) is 7.23. The average molecular weight is 374 g/mol. The van der Waals surface area contributed by atoms with Crippen LogP contribution in [0, 0.1) is 6.92 Å². The molecular weight excluding hydrogens is 358 g/mol. The molecular formula is C17H16ClN5OS. The summed E-state index contributed by atoms with van der Waals surface area (Å²) in [6.45, 7) is 6.32. The molecule has 4 rings (SSSR count). The summed E-state index contributed by atoms with van der Waals surface area (Å²) in [5.74, 6) is 2.80. The van der Waals surface area contributed by atoms with Crippen molar-refractivity contribution in [3.05, 3.63) is 47.8 Å². The fourth-order valence-electron chi connectivity index (χ4n) is 2.56. The van der Waals surface area contributed by atoms with Crippen molar-refractivity contribution >= 4 is 23.4 Å². The Kier molecular flexibility index (Phi) is 4.35. The zero-order valence-corrected chi connectivity index (χ0v) is 15.2. The Bertz CT molecular complexity index is 931. The molecule has 3 aromatic rings. The first-order chi connectivity index (χ1) is 12.2. The van der Waals surface area contributed by atoms with E-state index in [0.717, 1.165) is 46.0 Å². The lowest BCUT2D eigenvalue weighted by atomic mass is 10.2. The Hall–Kier alpha value is -2.12. The minimum absolute atomic E-state index is 0.438. The van der Waals surface area contributed by atoms with Crippen LogP contribution in [-0.2, 0) is 6.54 Å². The predicted octanol–water partition coefficient (Wildman–Crippen LogP) is 4.50. The van der Waals surface area contributed by atoms with E-state index >= 15 is 0 Å². The zero-order valence-electron chi connectivity index (χ0n) is 13.6. The monoisotopic (exact) mass is 373 g/mol. The molecule has 0 bridgehead atoms. The summed E-state index contributed by atoms with van der Waals surface area (Å²) in [4.78, 5) is 8.95. The number of hydrogen-bond donors (Lipinski definition) is 0. The van der Waals surface area contributed by atoms with Gasteiger partial charge in [-0.2, -0.15) is 0 Å². The van der Waals surface area contributed by atoms with Gasteiger partial charge in [0.15, 0.2) is 11.0 Å². The summed E-state index contributed by atoms with van der Waals surface area (Å²) in [6, 6.07) is 3.65. The fourth-order valence-corrected chi connectivity index (χ4v) is 3.66. The number of furan rings is 1. The molecule has 0 radical (unpaired) electrons. The van der Waals surface area contributed by atoms with Gasteiger partial charge in [-0.05, 0) is 37.6 Å². The molecule has 0 unspecified atom stereocenters. The first-order valence-corrected chi connectivity index (χ1v) is 9.16. The maximum absolute atomic E-state index is 6.16. The smallest absolute Gasteiger partial charge is 0.198 e. The fraction of sp³-hybridized carbons (Fsp3) is 0.294. The highest BCUT2D eigenvalue weighted by Gasteiger charge is 2.27. The third-order valence-electron chi connectivity index (χ3n) is 3.96. The number of halogens is 1. The number of aryl methyl sites for hydroxylation is 1. The summed E-state index contributed by atoms with van der Waals surface area (Å²) in [7, 11) is 0. The molecule has 3 aromatic heterocycles. The van der Waals surface area contributed by atoms with Crippen molar-refractivity contribution in [1.82, 2.24) is 24.7 Å². The Labute approximate surface area is 154 Å². The molecule has 1 aliphatic rings. The summed E-state index contributed by atoms with van der Waals surface area (Å²) in [6.07, 6.45) is 5.72. The number of rotatable bonds is 6. The Morgan fingerprint density at radius 3 is 2.92 bits per heavy atom. The largest absolute Gasteiger partial charge is 0.469 e. The predicted molar refractivity (Wildman–Crippen MR) is 95.8 cm³/mol. The van der Waals surface area contributed by atoms with Crippen LogP contribution in [0.15, 0.2) is 45.7 Å². The van der Waals surface area contributed by atoms with Crippen LogP contribution in [0.5, 0.6) is 0 Å². The molecule has 8 heteroatoms. The molecule has 1 saturated carbocycles. The quantitative estimate of drug-likeness (QED) is 0.468. The van der Waals surface area contributed by atoms with Gasteiger partial charge < -0.3 is 4.42 Å². The van der Waals surface area contributed by atoms with Crippen LogP contribution in [-0.4, -0.2) is 24.7 Å². The van der Waals surface area contributed by atoms with Crippen molar-refractivity contribution < 1.29 is 4.42 Å². The van der Waals surface area contributed by atoms with Gasteiger partial charge in [0.05, 0.1) is 11.8 Å². The number of allylic oxidation sites excluding steroid dienone is 1. The summed E-state index contributed by atoms with van der Waals surface area (Å²) in [5.41, 5.74) is 0.917. The first kappa shape index (κ1) is 16.4. The zero-order chi connectivity index (χ0) is 17.4. The molecule has 1 fully saturated rings. The molecule has 6 nitrogen and oxygen atoms in total. The minimum atomic E-state index is 0.438. The molecule has 128 valence electrons. The van der Waals surface area contributed by atoms with Crippen LogP contribution < -0.4 is 0 Å². The molecule has 25 heavy (non-hydrogen) atoms. The number of nitrogens with zero attached hydrogens (tertiary/aromatic N) is 5. The molecule has 0 amide bonds. The van der Waals surface area contributed by atoms with Gasteiger partial charge in [0.2, 0.25) is 0 Å². The van der Waals surface area contributed by atoms with Crippen LogP contribution in [0.2, 0.25) is 5.15 Å². The molecule has 3 heterocycles. The van der Waals surface area contributed by atoms with Crippen LogP contribution in [0.4, 0.5) is 0 Å². The molecule has 0 spiro atoms. The van der Waals surface area contributed by atoms with Gasteiger partial charge in [-0.1, -0.05) is 17.7 Å². The van der Waals surface area contributed by atoms with Gasteiger partial charge in [0, 0.05) is 18.5 Å². The summed E-state index contributed by atoms with van der Waals surface area (Å²) in [5, 5.41) is 10.6. The first-order valence-electron chi connectivity index (χ1n) is 7.96. The van der Waals surface area contributed by atoms with Crippen LogP contribution in [0.3, 0.4) is 0 Å². The van der Waals surface area contributed by atoms with E-state index in [0.29, 0.717) is 17.6 Å². The molecule has 0 aliphatic heterocycles. The third-order valence-corrected chi connectivity index (χ3v) is 5.05. The molecule has 0 N–H and O–H groups in total. The topological polar surface area (TPSA) is 69.6 Å². The normalized spacial score (nSPS) is 14.0. The lowest BCUT2D eigenvalue weighted by Crippen LogP contribution is -2.01. The van der Waals surface area contributed by atoms with E-state index in [-0.39, 0.29) is 0 Å². The Morgan fingerprint density at radius 2 is 2.24 bits per heavy atom. The minimum Gasteiger partial charge on any atom is -0.469 e. The van der Waals surface area contributed by atoms with Gasteiger partial charge in [-0.15, -0.1) is 16.8 Å². The van der Waals surface area contributed by atoms with Crippen molar-refractivity contribution in [3.63, 3.8) is 0 Å². The summed E-state index contributed by atoms with van der Waals surface area (Å²) < 4.78 is 7.38. The molecule has 0 aromatic carbocycles. The van der Waals surface area contributed by atoms with Gasteiger partial charge in [0.1, 0.15) is 21.8 Å². The van der Waals surface area contributed by atoms with E-state index in [9.17, 15) is 0 Å². The number of aromatic nitrogens is 5. The van der Waals surface area contributed by atoms with Crippen molar-refractivity contribution in [2.45, 2.75) is 42.4 Å². The Balaban J connectivity index is 1.70. The van der Waals surface area contributed by atoms with E-state index in [1.807, 2.05) is 23.6 Å². The lowest BCUT2D eigenvalue weighted by Gasteiger charge is -2.07. The average Bonchev–Trinajstić information content (AvgIpc) is 3.25. The van der Waals surface area contributed by atoms with Crippen molar-refractivity contribution in [1.29, 1.82) is 0 Å². The van der Waals surface area contributed by atoms with E-state index in [4.69, 9.17) is 16.0 Å². The van der Waals surface area contributed by atoms with Crippen molar-refractivity contribution in [2.24, 2.45) is 0 Å². The van der Waals surface area contributed by atoms with Gasteiger partial charge in [0.25, 0.3) is 0 Å². The van der Waals surface area contributed by atoms with Crippen LogP contribution in [0.25, 0.3) is 11.4 Å². The maximum atomic E-state index is 6.16. The highest BCUT2D eigenvalue weighted by molar-refractivity contribution is 7.99.